The number of carbonyl (C=O) groups is 1. The second kappa shape index (κ2) is 6.62. The van der Waals surface area contributed by atoms with E-state index in [1.165, 1.54) is 12.1 Å². The van der Waals surface area contributed by atoms with Crippen LogP contribution in [-0.4, -0.2) is 20.9 Å². The number of hydrogen-bond donors (Lipinski definition) is 1. The van der Waals surface area contributed by atoms with Gasteiger partial charge in [-0.15, -0.1) is 5.10 Å². The summed E-state index contributed by atoms with van der Waals surface area (Å²) in [6.07, 6.45) is 0. The summed E-state index contributed by atoms with van der Waals surface area (Å²) in [5.41, 5.74) is 2.59. The fraction of sp³-hybridized carbons (Fsp3) is 0.167. The predicted molar refractivity (Wildman–Crippen MR) is 88.4 cm³/mol. The molecule has 1 unspecified atom stereocenters. The number of amides is 1. The highest BCUT2D eigenvalue weighted by Crippen LogP contribution is 2.15. The topological polar surface area (TPSA) is 59.8 Å². The molecule has 3 aromatic rings. The molecule has 3 rings (SSSR count). The molecule has 1 amide bonds. The molecule has 1 N–H and O–H groups in total. The average molecular weight is 324 g/mol. The molecule has 0 fully saturated rings. The Morgan fingerprint density at radius 3 is 2.46 bits per heavy atom. The lowest BCUT2D eigenvalue weighted by Crippen LogP contribution is -2.27. The van der Waals surface area contributed by atoms with Gasteiger partial charge in [0.1, 0.15) is 5.82 Å². The van der Waals surface area contributed by atoms with Gasteiger partial charge in [-0.3, -0.25) is 4.79 Å². The van der Waals surface area contributed by atoms with Gasteiger partial charge in [0, 0.05) is 0 Å². The molecule has 1 atom stereocenters. The van der Waals surface area contributed by atoms with Crippen molar-refractivity contribution in [1.82, 2.24) is 20.3 Å². The zero-order valence-corrected chi connectivity index (χ0v) is 13.4. The smallest absolute Gasteiger partial charge is 0.274 e. The molecule has 2 aromatic carbocycles. The van der Waals surface area contributed by atoms with E-state index in [-0.39, 0.29) is 23.5 Å². The predicted octanol–water partition coefficient (Wildman–Crippen LogP) is 3.21. The van der Waals surface area contributed by atoms with Crippen LogP contribution in [0.15, 0.2) is 54.6 Å². The molecule has 1 aromatic heterocycles. The van der Waals surface area contributed by atoms with Crippen LogP contribution in [0.2, 0.25) is 0 Å². The first-order valence-corrected chi connectivity index (χ1v) is 7.60. The number of aromatic nitrogens is 3. The number of halogens is 1. The van der Waals surface area contributed by atoms with Crippen molar-refractivity contribution in [3.63, 3.8) is 0 Å². The Labute approximate surface area is 139 Å². The lowest BCUT2D eigenvalue weighted by atomic mass is 10.1. The normalized spacial score (nSPS) is 12.0. The molecule has 0 saturated carbocycles. The van der Waals surface area contributed by atoms with Crippen LogP contribution >= 0.6 is 0 Å². The van der Waals surface area contributed by atoms with E-state index in [1.54, 1.807) is 23.7 Å². The maximum Gasteiger partial charge on any atom is 0.274 e. The summed E-state index contributed by atoms with van der Waals surface area (Å²) in [6.45, 7) is 3.63. The zero-order chi connectivity index (χ0) is 17.1. The van der Waals surface area contributed by atoms with Gasteiger partial charge >= 0.3 is 0 Å². The summed E-state index contributed by atoms with van der Waals surface area (Å²) in [6, 6.07) is 15.3. The Morgan fingerprint density at radius 1 is 1.12 bits per heavy atom. The monoisotopic (exact) mass is 324 g/mol. The summed E-state index contributed by atoms with van der Waals surface area (Å²) in [4.78, 5) is 12.5. The van der Waals surface area contributed by atoms with Gasteiger partial charge in [0.25, 0.3) is 5.91 Å². The van der Waals surface area contributed by atoms with Crippen LogP contribution < -0.4 is 5.32 Å². The minimum absolute atomic E-state index is 0.264. The molecule has 6 heteroatoms. The van der Waals surface area contributed by atoms with Crippen molar-refractivity contribution in [2.45, 2.75) is 19.9 Å². The number of benzene rings is 2. The van der Waals surface area contributed by atoms with Crippen LogP contribution in [0, 0.1) is 12.7 Å². The van der Waals surface area contributed by atoms with E-state index in [1.807, 2.05) is 37.3 Å². The van der Waals surface area contributed by atoms with Crippen molar-refractivity contribution in [3.05, 3.63) is 77.4 Å². The average Bonchev–Trinajstić information content (AvgIpc) is 2.98. The number of para-hydroxylation sites is 1. The molecular weight excluding hydrogens is 307 g/mol. The number of nitrogens with one attached hydrogen (secondary N) is 1. The van der Waals surface area contributed by atoms with E-state index in [4.69, 9.17) is 0 Å². The summed E-state index contributed by atoms with van der Waals surface area (Å²) in [5.74, 6) is -0.620. The summed E-state index contributed by atoms with van der Waals surface area (Å²) in [5, 5.41) is 10.9. The summed E-state index contributed by atoms with van der Waals surface area (Å²) in [7, 11) is 0. The number of hydrogen-bond acceptors (Lipinski definition) is 3. The summed E-state index contributed by atoms with van der Waals surface area (Å²) >= 11 is 0. The molecule has 1 heterocycles. The zero-order valence-electron chi connectivity index (χ0n) is 13.4. The van der Waals surface area contributed by atoms with E-state index in [2.05, 4.69) is 15.6 Å². The maximum atomic E-state index is 13.0. The molecule has 0 radical (unpaired) electrons. The van der Waals surface area contributed by atoms with Crippen molar-refractivity contribution in [1.29, 1.82) is 0 Å². The first kappa shape index (κ1) is 15.9. The lowest BCUT2D eigenvalue weighted by molar-refractivity contribution is 0.0934. The van der Waals surface area contributed by atoms with Crippen LogP contribution in [0.4, 0.5) is 4.39 Å². The molecule has 24 heavy (non-hydrogen) atoms. The number of rotatable bonds is 4. The van der Waals surface area contributed by atoms with Crippen LogP contribution in [0.5, 0.6) is 0 Å². The molecule has 0 spiro atoms. The maximum absolute atomic E-state index is 13.0. The molecule has 5 nitrogen and oxygen atoms in total. The highest BCUT2D eigenvalue weighted by molar-refractivity contribution is 5.93. The molecular formula is C18H17FN4O. The summed E-state index contributed by atoms with van der Waals surface area (Å²) < 4.78 is 14.6. The van der Waals surface area contributed by atoms with E-state index >= 15 is 0 Å². The third-order valence-corrected chi connectivity index (χ3v) is 3.83. The van der Waals surface area contributed by atoms with Gasteiger partial charge in [-0.05, 0) is 43.7 Å². The fourth-order valence-electron chi connectivity index (χ4n) is 2.45. The third-order valence-electron chi connectivity index (χ3n) is 3.83. The SMILES string of the molecule is Cc1c(C(=O)NC(C)c2ccc(F)cc2)nnn1-c1ccccc1. The Hall–Kier alpha value is -3.02. The van der Waals surface area contributed by atoms with Gasteiger partial charge in [-0.1, -0.05) is 35.5 Å². The molecule has 0 aliphatic heterocycles. The number of nitrogens with zero attached hydrogens (tertiary/aromatic N) is 3. The van der Waals surface area contributed by atoms with Gasteiger partial charge < -0.3 is 5.32 Å². The Bertz CT molecular complexity index is 843. The van der Waals surface area contributed by atoms with E-state index in [9.17, 15) is 9.18 Å². The third kappa shape index (κ3) is 3.17. The first-order chi connectivity index (χ1) is 11.6. The largest absolute Gasteiger partial charge is 0.344 e. The molecule has 0 aliphatic carbocycles. The van der Waals surface area contributed by atoms with Gasteiger partial charge in [-0.2, -0.15) is 0 Å². The van der Waals surface area contributed by atoms with Crippen molar-refractivity contribution in [2.75, 3.05) is 0 Å². The lowest BCUT2D eigenvalue weighted by Gasteiger charge is -2.13. The van der Waals surface area contributed by atoms with E-state index in [0.29, 0.717) is 5.69 Å². The molecule has 122 valence electrons. The Balaban J connectivity index is 1.78. The molecule has 0 aliphatic rings. The van der Waals surface area contributed by atoms with Crippen molar-refractivity contribution in [2.24, 2.45) is 0 Å². The van der Waals surface area contributed by atoms with Crippen molar-refractivity contribution in [3.8, 4) is 5.69 Å². The number of carbonyl (C=O) groups excluding carboxylic acids is 1. The molecule has 0 saturated heterocycles. The van der Waals surface area contributed by atoms with Crippen LogP contribution in [0.25, 0.3) is 5.69 Å². The van der Waals surface area contributed by atoms with Gasteiger partial charge in [0.05, 0.1) is 17.4 Å². The highest BCUT2D eigenvalue weighted by Gasteiger charge is 2.19. The highest BCUT2D eigenvalue weighted by atomic mass is 19.1. The second-order valence-corrected chi connectivity index (χ2v) is 5.52. The van der Waals surface area contributed by atoms with Crippen LogP contribution in [0.1, 0.15) is 34.7 Å². The Kier molecular flexibility index (Phi) is 4.37. The van der Waals surface area contributed by atoms with Gasteiger partial charge in [0.15, 0.2) is 5.69 Å². The standard InChI is InChI=1S/C18H17FN4O/c1-12(14-8-10-15(19)11-9-14)20-18(24)17-13(2)23(22-21-17)16-6-4-3-5-7-16/h3-12H,1-2H3,(H,20,24). The minimum Gasteiger partial charge on any atom is -0.344 e. The van der Waals surface area contributed by atoms with E-state index in [0.717, 1.165) is 11.3 Å². The van der Waals surface area contributed by atoms with Crippen LogP contribution in [0.3, 0.4) is 0 Å². The molecule has 0 bridgehead atoms. The van der Waals surface area contributed by atoms with Crippen molar-refractivity contribution < 1.29 is 9.18 Å². The minimum atomic E-state index is -0.313. The van der Waals surface area contributed by atoms with Gasteiger partial charge in [0.2, 0.25) is 0 Å². The van der Waals surface area contributed by atoms with Gasteiger partial charge in [-0.25, -0.2) is 9.07 Å². The fourth-order valence-corrected chi connectivity index (χ4v) is 2.45. The quantitative estimate of drug-likeness (QED) is 0.802. The second-order valence-electron chi connectivity index (χ2n) is 5.52. The van der Waals surface area contributed by atoms with E-state index < -0.39 is 0 Å². The first-order valence-electron chi connectivity index (χ1n) is 7.60. The Morgan fingerprint density at radius 2 is 1.79 bits per heavy atom. The van der Waals surface area contributed by atoms with Crippen molar-refractivity contribution >= 4 is 5.91 Å². The van der Waals surface area contributed by atoms with Crippen LogP contribution in [-0.2, 0) is 0 Å².